The van der Waals surface area contributed by atoms with E-state index in [1.165, 1.54) is 0 Å². The summed E-state index contributed by atoms with van der Waals surface area (Å²) in [6.07, 6.45) is 1.66. The summed E-state index contributed by atoms with van der Waals surface area (Å²) < 4.78 is 11.1. The molecule has 154 valence electrons. The molecule has 0 aliphatic heterocycles. The van der Waals surface area contributed by atoms with E-state index in [-0.39, 0.29) is 12.5 Å². The third kappa shape index (κ3) is 6.36. The van der Waals surface area contributed by atoms with Crippen molar-refractivity contribution >= 4 is 35.1 Å². The van der Waals surface area contributed by atoms with Crippen molar-refractivity contribution in [2.24, 2.45) is 4.99 Å². The maximum absolute atomic E-state index is 12.2. The number of hydrogen-bond acceptors (Lipinski definition) is 4. The van der Waals surface area contributed by atoms with Crippen LogP contribution in [0.5, 0.6) is 11.5 Å². The lowest BCUT2D eigenvalue weighted by molar-refractivity contribution is -0.118. The van der Waals surface area contributed by atoms with Crippen LogP contribution in [0.2, 0.25) is 5.02 Å². The highest BCUT2D eigenvalue weighted by Gasteiger charge is 2.08. The molecule has 1 N–H and O–H groups in total. The molecule has 6 heteroatoms. The molecule has 3 aromatic rings. The topological polar surface area (TPSA) is 59.9 Å². The Morgan fingerprint density at radius 1 is 1.07 bits per heavy atom. The van der Waals surface area contributed by atoms with E-state index >= 15 is 0 Å². The van der Waals surface area contributed by atoms with Crippen molar-refractivity contribution < 1.29 is 14.3 Å². The van der Waals surface area contributed by atoms with E-state index in [9.17, 15) is 4.79 Å². The van der Waals surface area contributed by atoms with Gasteiger partial charge in [0.25, 0.3) is 5.91 Å². The number of rotatable bonds is 8. The fourth-order valence-corrected chi connectivity index (χ4v) is 2.93. The smallest absolute Gasteiger partial charge is 0.262 e. The minimum absolute atomic E-state index is 0.126. The number of ether oxygens (including phenoxy) is 2. The number of hydrogen-bond donors (Lipinski definition) is 1. The minimum Gasteiger partial charge on any atom is -0.494 e. The first kappa shape index (κ1) is 21.4. The van der Waals surface area contributed by atoms with Gasteiger partial charge in [0.15, 0.2) is 6.61 Å². The largest absolute Gasteiger partial charge is 0.494 e. The molecule has 0 bridgehead atoms. The number of carbonyl (C=O) groups excluding carboxylic acids is 1. The molecule has 5 nitrogen and oxygen atoms in total. The van der Waals surface area contributed by atoms with E-state index in [0.29, 0.717) is 22.9 Å². The first-order chi connectivity index (χ1) is 14.5. The summed E-state index contributed by atoms with van der Waals surface area (Å²) >= 11 is 6.13. The molecule has 0 heterocycles. The normalized spacial score (nSPS) is 10.8. The van der Waals surface area contributed by atoms with Crippen molar-refractivity contribution in [3.8, 4) is 11.5 Å². The van der Waals surface area contributed by atoms with Gasteiger partial charge in [0.1, 0.15) is 11.5 Å². The van der Waals surface area contributed by atoms with Gasteiger partial charge >= 0.3 is 0 Å². The molecule has 3 aromatic carbocycles. The highest BCUT2D eigenvalue weighted by molar-refractivity contribution is 6.30. The van der Waals surface area contributed by atoms with Gasteiger partial charge in [0.05, 0.1) is 12.3 Å². The average molecular weight is 423 g/mol. The zero-order chi connectivity index (χ0) is 21.3. The van der Waals surface area contributed by atoms with Gasteiger partial charge < -0.3 is 14.8 Å². The summed E-state index contributed by atoms with van der Waals surface area (Å²) in [5.74, 6) is 1.07. The van der Waals surface area contributed by atoms with E-state index in [4.69, 9.17) is 21.1 Å². The van der Waals surface area contributed by atoms with E-state index in [0.717, 1.165) is 22.7 Å². The van der Waals surface area contributed by atoms with Gasteiger partial charge in [0.2, 0.25) is 0 Å². The lowest BCUT2D eigenvalue weighted by Crippen LogP contribution is -2.20. The molecule has 30 heavy (non-hydrogen) atoms. The first-order valence-corrected chi connectivity index (χ1v) is 9.97. The SMILES string of the molecule is CCOc1ccc(N=Cc2cc(Cl)ccc2OCC(=O)Nc2cccc(C)c2)cc1. The van der Waals surface area contributed by atoms with Gasteiger partial charge in [0, 0.05) is 22.5 Å². The molecular formula is C24H23ClN2O3. The number of amides is 1. The van der Waals surface area contributed by atoms with Crippen LogP contribution >= 0.6 is 11.6 Å². The standard InChI is InChI=1S/C24H23ClN2O3/c1-3-29-22-10-8-20(9-11-22)26-15-18-14-19(25)7-12-23(18)30-16-24(28)27-21-6-4-5-17(2)13-21/h4-15H,3,16H2,1-2H3,(H,27,28). The van der Waals surface area contributed by atoms with Crippen molar-refractivity contribution in [3.05, 3.63) is 82.9 Å². The zero-order valence-corrected chi connectivity index (χ0v) is 17.6. The first-order valence-electron chi connectivity index (χ1n) is 9.59. The van der Waals surface area contributed by atoms with Crippen molar-refractivity contribution in [2.75, 3.05) is 18.5 Å². The molecule has 0 radical (unpaired) electrons. The van der Waals surface area contributed by atoms with Crippen molar-refractivity contribution in [2.45, 2.75) is 13.8 Å². The van der Waals surface area contributed by atoms with E-state index in [1.807, 2.05) is 62.4 Å². The third-order valence-corrected chi connectivity index (χ3v) is 4.37. The molecule has 0 saturated carbocycles. The van der Waals surface area contributed by atoms with Gasteiger partial charge in [-0.05, 0) is 74.0 Å². The molecule has 0 aromatic heterocycles. The number of aryl methyl sites for hydroxylation is 1. The molecule has 0 saturated heterocycles. The number of carbonyl (C=O) groups is 1. The number of nitrogens with zero attached hydrogens (tertiary/aromatic N) is 1. The summed E-state index contributed by atoms with van der Waals surface area (Å²) in [7, 11) is 0. The van der Waals surface area contributed by atoms with Crippen LogP contribution in [-0.2, 0) is 4.79 Å². The van der Waals surface area contributed by atoms with Gasteiger partial charge in [-0.3, -0.25) is 9.79 Å². The third-order valence-electron chi connectivity index (χ3n) is 4.13. The van der Waals surface area contributed by atoms with Crippen LogP contribution in [0.3, 0.4) is 0 Å². The predicted octanol–water partition coefficient (Wildman–Crippen LogP) is 5.82. The Kier molecular flexibility index (Phi) is 7.46. The van der Waals surface area contributed by atoms with Crippen LogP contribution in [-0.4, -0.2) is 25.3 Å². The summed E-state index contributed by atoms with van der Waals surface area (Å²) in [6.45, 7) is 4.40. The van der Waals surface area contributed by atoms with Crippen LogP contribution < -0.4 is 14.8 Å². The number of nitrogens with one attached hydrogen (secondary N) is 1. The van der Waals surface area contributed by atoms with Gasteiger partial charge in [-0.2, -0.15) is 0 Å². The Labute approximate surface area is 181 Å². The molecule has 0 unspecified atom stereocenters. The molecule has 1 amide bonds. The fourth-order valence-electron chi connectivity index (χ4n) is 2.75. The highest BCUT2D eigenvalue weighted by atomic mass is 35.5. The predicted molar refractivity (Wildman–Crippen MR) is 122 cm³/mol. The Morgan fingerprint density at radius 3 is 2.60 bits per heavy atom. The average Bonchev–Trinajstić information content (AvgIpc) is 2.73. The summed E-state index contributed by atoms with van der Waals surface area (Å²) in [6, 6.07) is 20.2. The second-order valence-electron chi connectivity index (χ2n) is 6.57. The van der Waals surface area contributed by atoms with Crippen molar-refractivity contribution in [1.29, 1.82) is 0 Å². The minimum atomic E-state index is -0.245. The molecule has 0 fully saturated rings. The van der Waals surface area contributed by atoms with Crippen LogP contribution in [0, 0.1) is 6.92 Å². The zero-order valence-electron chi connectivity index (χ0n) is 16.9. The van der Waals surface area contributed by atoms with Crippen LogP contribution in [0.4, 0.5) is 11.4 Å². The Morgan fingerprint density at radius 2 is 1.87 bits per heavy atom. The molecule has 0 atom stereocenters. The number of benzene rings is 3. The summed E-state index contributed by atoms with van der Waals surface area (Å²) in [4.78, 5) is 16.7. The molecule has 3 rings (SSSR count). The lowest BCUT2D eigenvalue weighted by atomic mass is 10.2. The number of halogens is 1. The van der Waals surface area contributed by atoms with Crippen LogP contribution in [0.15, 0.2) is 71.7 Å². The van der Waals surface area contributed by atoms with Gasteiger partial charge in [-0.25, -0.2) is 0 Å². The fraction of sp³-hybridized carbons (Fsp3) is 0.167. The monoisotopic (exact) mass is 422 g/mol. The molecular weight excluding hydrogens is 400 g/mol. The van der Waals surface area contributed by atoms with E-state index in [2.05, 4.69) is 10.3 Å². The van der Waals surface area contributed by atoms with Crippen LogP contribution in [0.1, 0.15) is 18.1 Å². The maximum atomic E-state index is 12.2. The van der Waals surface area contributed by atoms with E-state index < -0.39 is 0 Å². The summed E-state index contributed by atoms with van der Waals surface area (Å²) in [5.41, 5.74) is 3.25. The molecule has 0 spiro atoms. The number of aliphatic imine (C=N–C) groups is 1. The Bertz CT molecular complexity index is 1030. The van der Waals surface area contributed by atoms with E-state index in [1.54, 1.807) is 24.4 Å². The Hall–Kier alpha value is -3.31. The lowest BCUT2D eigenvalue weighted by Gasteiger charge is -2.10. The van der Waals surface area contributed by atoms with Crippen LogP contribution in [0.25, 0.3) is 0 Å². The Balaban J connectivity index is 1.66. The second-order valence-corrected chi connectivity index (χ2v) is 7.01. The molecule has 0 aliphatic carbocycles. The van der Waals surface area contributed by atoms with Gasteiger partial charge in [-0.15, -0.1) is 0 Å². The second kappa shape index (κ2) is 10.5. The summed E-state index contributed by atoms with van der Waals surface area (Å²) in [5, 5.41) is 3.38. The maximum Gasteiger partial charge on any atom is 0.262 e. The highest BCUT2D eigenvalue weighted by Crippen LogP contribution is 2.23. The van der Waals surface area contributed by atoms with Gasteiger partial charge in [-0.1, -0.05) is 23.7 Å². The number of anilines is 1. The quantitative estimate of drug-likeness (QED) is 0.465. The molecule has 0 aliphatic rings. The van der Waals surface area contributed by atoms with Crippen molar-refractivity contribution in [1.82, 2.24) is 0 Å². The van der Waals surface area contributed by atoms with Crippen molar-refractivity contribution in [3.63, 3.8) is 0 Å².